The minimum absolute atomic E-state index is 0.175. The molecule has 1 aromatic heterocycles. The summed E-state index contributed by atoms with van der Waals surface area (Å²) in [6, 6.07) is -0.811. The molecule has 1 atom stereocenters. The number of hydrogen-bond donors (Lipinski definition) is 2. The third kappa shape index (κ3) is 5.74. The van der Waals surface area contributed by atoms with E-state index in [0.717, 1.165) is 12.8 Å². The van der Waals surface area contributed by atoms with Crippen LogP contribution in [0.3, 0.4) is 0 Å². The second kappa shape index (κ2) is 7.78. The van der Waals surface area contributed by atoms with Gasteiger partial charge in [-0.15, -0.1) is 0 Å². The second-order valence-electron chi connectivity index (χ2n) is 4.27. The lowest BCUT2D eigenvalue weighted by molar-refractivity contribution is -0.142. The van der Waals surface area contributed by atoms with E-state index < -0.39 is 12.0 Å². The number of carboxylic acids is 1. The van der Waals surface area contributed by atoms with Gasteiger partial charge in [0.15, 0.2) is 0 Å². The van der Waals surface area contributed by atoms with Crippen molar-refractivity contribution in [2.45, 2.75) is 45.2 Å². The molecule has 0 saturated heterocycles. The summed E-state index contributed by atoms with van der Waals surface area (Å²) in [4.78, 5) is 22.6. The van der Waals surface area contributed by atoms with Gasteiger partial charge < -0.3 is 10.4 Å². The molecule has 1 amide bonds. The van der Waals surface area contributed by atoms with Gasteiger partial charge in [0.1, 0.15) is 6.04 Å². The van der Waals surface area contributed by atoms with Crippen LogP contribution in [0.5, 0.6) is 0 Å². The molecule has 0 fully saturated rings. The molecule has 0 unspecified atom stereocenters. The van der Waals surface area contributed by atoms with Crippen LogP contribution in [0.1, 0.15) is 32.6 Å². The van der Waals surface area contributed by atoms with Crippen molar-refractivity contribution in [1.29, 1.82) is 0 Å². The molecule has 7 heteroatoms. The first kappa shape index (κ1) is 15.5. The summed E-state index contributed by atoms with van der Waals surface area (Å²) >= 11 is 5.70. The zero-order chi connectivity index (χ0) is 14.3. The maximum absolute atomic E-state index is 11.7. The Bertz CT molecular complexity index is 434. The van der Waals surface area contributed by atoms with E-state index in [0.29, 0.717) is 18.0 Å². The third-order valence-corrected chi connectivity index (χ3v) is 2.84. The Balaban J connectivity index is 2.37. The predicted molar refractivity (Wildman–Crippen MR) is 70.9 cm³/mol. The van der Waals surface area contributed by atoms with E-state index in [1.807, 2.05) is 6.92 Å². The smallest absolute Gasteiger partial charge is 0.326 e. The standard InChI is InChI=1S/C12H18ClN3O3/c1-2-3-4-10(12(18)19)15-11(17)5-6-16-8-9(13)7-14-16/h7-8,10H,2-6H2,1H3,(H,15,17)(H,18,19)/t10-/m0/s1. The highest BCUT2D eigenvalue weighted by atomic mass is 35.5. The topological polar surface area (TPSA) is 84.2 Å². The molecule has 0 aromatic carbocycles. The van der Waals surface area contributed by atoms with E-state index in [4.69, 9.17) is 16.7 Å². The van der Waals surface area contributed by atoms with Crippen molar-refractivity contribution < 1.29 is 14.7 Å². The maximum atomic E-state index is 11.7. The number of amides is 1. The molecule has 0 radical (unpaired) electrons. The van der Waals surface area contributed by atoms with Crippen LogP contribution >= 0.6 is 11.6 Å². The molecule has 0 aliphatic rings. The fourth-order valence-electron chi connectivity index (χ4n) is 1.61. The van der Waals surface area contributed by atoms with Crippen molar-refractivity contribution in [3.8, 4) is 0 Å². The predicted octanol–water partition coefficient (Wildman–Crippen LogP) is 1.69. The summed E-state index contributed by atoms with van der Waals surface area (Å²) < 4.78 is 1.55. The van der Waals surface area contributed by atoms with Crippen molar-refractivity contribution >= 4 is 23.5 Å². The van der Waals surface area contributed by atoms with Crippen LogP contribution in [0.2, 0.25) is 5.02 Å². The van der Waals surface area contributed by atoms with Crippen molar-refractivity contribution in [1.82, 2.24) is 15.1 Å². The summed E-state index contributed by atoms with van der Waals surface area (Å²) in [6.07, 6.45) is 5.39. The molecule has 0 spiro atoms. The Kier molecular flexibility index (Phi) is 6.35. The number of halogens is 1. The van der Waals surface area contributed by atoms with E-state index in [2.05, 4.69) is 10.4 Å². The van der Waals surface area contributed by atoms with Gasteiger partial charge in [-0.2, -0.15) is 5.10 Å². The zero-order valence-corrected chi connectivity index (χ0v) is 11.6. The number of nitrogens with zero attached hydrogens (tertiary/aromatic N) is 2. The van der Waals surface area contributed by atoms with Crippen LogP contribution in [0.25, 0.3) is 0 Å². The monoisotopic (exact) mass is 287 g/mol. The number of aromatic nitrogens is 2. The fourth-order valence-corrected chi connectivity index (χ4v) is 1.77. The van der Waals surface area contributed by atoms with Crippen LogP contribution in [0, 0.1) is 0 Å². The molecule has 2 N–H and O–H groups in total. The van der Waals surface area contributed by atoms with Gasteiger partial charge in [0.2, 0.25) is 5.91 Å². The summed E-state index contributed by atoms with van der Waals surface area (Å²) in [6.45, 7) is 2.35. The van der Waals surface area contributed by atoms with Gasteiger partial charge in [-0.05, 0) is 6.42 Å². The number of aliphatic carboxylic acids is 1. The first-order valence-corrected chi connectivity index (χ1v) is 6.61. The molecule has 0 bridgehead atoms. The van der Waals surface area contributed by atoms with Crippen molar-refractivity contribution in [3.63, 3.8) is 0 Å². The number of aryl methyl sites for hydroxylation is 1. The van der Waals surface area contributed by atoms with E-state index in [-0.39, 0.29) is 12.3 Å². The first-order valence-electron chi connectivity index (χ1n) is 6.23. The van der Waals surface area contributed by atoms with Crippen molar-refractivity contribution in [3.05, 3.63) is 17.4 Å². The average molecular weight is 288 g/mol. The highest BCUT2D eigenvalue weighted by Crippen LogP contribution is 2.05. The van der Waals surface area contributed by atoms with Gasteiger partial charge in [0.25, 0.3) is 0 Å². The number of carbonyl (C=O) groups is 2. The Morgan fingerprint density at radius 2 is 2.32 bits per heavy atom. The van der Waals surface area contributed by atoms with Crippen LogP contribution < -0.4 is 5.32 Å². The molecular formula is C12H18ClN3O3. The minimum Gasteiger partial charge on any atom is -0.480 e. The maximum Gasteiger partial charge on any atom is 0.326 e. The zero-order valence-electron chi connectivity index (χ0n) is 10.8. The first-order chi connectivity index (χ1) is 9.02. The van der Waals surface area contributed by atoms with E-state index >= 15 is 0 Å². The fraction of sp³-hybridized carbons (Fsp3) is 0.583. The number of carbonyl (C=O) groups excluding carboxylic acids is 1. The molecule has 1 heterocycles. The van der Waals surface area contributed by atoms with Gasteiger partial charge in [-0.25, -0.2) is 4.79 Å². The number of nitrogens with one attached hydrogen (secondary N) is 1. The highest BCUT2D eigenvalue weighted by molar-refractivity contribution is 6.30. The molecule has 0 saturated carbocycles. The minimum atomic E-state index is -0.996. The molecule has 6 nitrogen and oxygen atoms in total. The molecule has 106 valence electrons. The number of unbranched alkanes of at least 4 members (excludes halogenated alkanes) is 1. The number of hydrogen-bond acceptors (Lipinski definition) is 3. The van der Waals surface area contributed by atoms with Crippen molar-refractivity contribution in [2.75, 3.05) is 0 Å². The van der Waals surface area contributed by atoms with Crippen molar-refractivity contribution in [2.24, 2.45) is 0 Å². The SMILES string of the molecule is CCCC[C@H](NC(=O)CCn1cc(Cl)cn1)C(=O)O. The Labute approximate surface area is 116 Å². The van der Waals surface area contributed by atoms with Crippen LogP contribution in [-0.2, 0) is 16.1 Å². The van der Waals surface area contributed by atoms with E-state index in [9.17, 15) is 9.59 Å². The molecular weight excluding hydrogens is 270 g/mol. The number of carboxylic acid groups (broad SMARTS) is 1. The van der Waals surface area contributed by atoms with E-state index in [1.54, 1.807) is 10.9 Å². The summed E-state index contributed by atoms with van der Waals surface area (Å²) in [5.74, 6) is -1.29. The van der Waals surface area contributed by atoms with E-state index in [1.165, 1.54) is 6.20 Å². The molecule has 1 rings (SSSR count). The quantitative estimate of drug-likeness (QED) is 0.762. The summed E-state index contributed by atoms with van der Waals surface area (Å²) in [5.41, 5.74) is 0. The molecule has 0 aliphatic carbocycles. The lowest BCUT2D eigenvalue weighted by Crippen LogP contribution is -2.41. The Morgan fingerprint density at radius 3 is 2.84 bits per heavy atom. The lowest BCUT2D eigenvalue weighted by Gasteiger charge is -2.13. The molecule has 19 heavy (non-hydrogen) atoms. The Morgan fingerprint density at radius 1 is 1.58 bits per heavy atom. The van der Waals surface area contributed by atoms with Gasteiger partial charge in [0.05, 0.1) is 11.2 Å². The summed E-state index contributed by atoms with van der Waals surface area (Å²) in [7, 11) is 0. The largest absolute Gasteiger partial charge is 0.480 e. The molecule has 1 aromatic rings. The molecule has 0 aliphatic heterocycles. The number of rotatable bonds is 8. The van der Waals surface area contributed by atoms with Gasteiger partial charge in [-0.1, -0.05) is 31.4 Å². The third-order valence-electron chi connectivity index (χ3n) is 2.65. The van der Waals surface area contributed by atoms with Crippen LogP contribution in [0.15, 0.2) is 12.4 Å². The lowest BCUT2D eigenvalue weighted by atomic mass is 10.1. The van der Waals surface area contributed by atoms with Gasteiger partial charge >= 0.3 is 5.97 Å². The second-order valence-corrected chi connectivity index (χ2v) is 4.71. The summed E-state index contributed by atoms with van der Waals surface area (Å²) in [5, 5.41) is 15.9. The Hall–Kier alpha value is -1.56. The van der Waals surface area contributed by atoms with Crippen LogP contribution in [0.4, 0.5) is 0 Å². The van der Waals surface area contributed by atoms with Gasteiger partial charge in [0, 0.05) is 19.2 Å². The normalized spacial score (nSPS) is 12.1. The highest BCUT2D eigenvalue weighted by Gasteiger charge is 2.18. The van der Waals surface area contributed by atoms with Crippen LogP contribution in [-0.4, -0.2) is 32.8 Å². The van der Waals surface area contributed by atoms with Gasteiger partial charge in [-0.3, -0.25) is 9.48 Å². The average Bonchev–Trinajstić information content (AvgIpc) is 2.77.